The number of aliphatic hydroxyl groups excluding tert-OH is 1. The maximum Gasteiger partial charge on any atom is 0.121 e. The second-order valence-corrected chi connectivity index (χ2v) is 4.53. The van der Waals surface area contributed by atoms with Gasteiger partial charge in [0.05, 0.1) is 0 Å². The Bertz CT molecular complexity index is 523. The van der Waals surface area contributed by atoms with Crippen LogP contribution in [0.25, 0.3) is 0 Å². The molecule has 88 valence electrons. The monoisotopic (exact) mass is 268 g/mol. The molecular formula is C13H10Cl2O2. The molecule has 0 fully saturated rings. The zero-order chi connectivity index (χ0) is 12.4. The van der Waals surface area contributed by atoms with Gasteiger partial charge in [0.15, 0.2) is 0 Å². The molecule has 2 nitrogen and oxygen atoms in total. The molecule has 1 atom stereocenters. The van der Waals surface area contributed by atoms with E-state index in [-0.39, 0.29) is 5.75 Å². The van der Waals surface area contributed by atoms with Crippen molar-refractivity contribution in [2.75, 3.05) is 0 Å². The Labute approximate surface area is 109 Å². The van der Waals surface area contributed by atoms with E-state index >= 15 is 0 Å². The molecule has 0 bridgehead atoms. The minimum Gasteiger partial charge on any atom is -0.508 e. The van der Waals surface area contributed by atoms with Crippen LogP contribution in [0.5, 0.6) is 5.75 Å². The highest BCUT2D eigenvalue weighted by molar-refractivity contribution is 6.30. The molecule has 0 amide bonds. The fourth-order valence-electron chi connectivity index (χ4n) is 1.57. The summed E-state index contributed by atoms with van der Waals surface area (Å²) in [5.74, 6) is 0.0110. The molecule has 0 aromatic heterocycles. The fraction of sp³-hybridized carbons (Fsp3) is 0.0769. The Balaban J connectivity index is 2.39. The van der Waals surface area contributed by atoms with Gasteiger partial charge in [-0.25, -0.2) is 0 Å². The van der Waals surface area contributed by atoms with E-state index < -0.39 is 6.10 Å². The molecule has 0 spiro atoms. The van der Waals surface area contributed by atoms with Crippen LogP contribution in [0.2, 0.25) is 10.0 Å². The van der Waals surface area contributed by atoms with Crippen LogP contribution in [0.15, 0.2) is 42.5 Å². The molecule has 0 radical (unpaired) electrons. The number of hydrogen-bond donors (Lipinski definition) is 2. The van der Waals surface area contributed by atoms with E-state index in [4.69, 9.17) is 23.2 Å². The predicted octanol–water partition coefficient (Wildman–Crippen LogP) is 3.78. The molecular weight excluding hydrogens is 259 g/mol. The van der Waals surface area contributed by atoms with Gasteiger partial charge in [-0.1, -0.05) is 35.3 Å². The third kappa shape index (κ3) is 2.72. The predicted molar refractivity (Wildman–Crippen MR) is 68.6 cm³/mol. The number of halogens is 2. The van der Waals surface area contributed by atoms with Crippen molar-refractivity contribution in [2.45, 2.75) is 6.10 Å². The zero-order valence-electron chi connectivity index (χ0n) is 8.77. The van der Waals surface area contributed by atoms with Gasteiger partial charge < -0.3 is 10.2 Å². The van der Waals surface area contributed by atoms with Crippen LogP contribution in [0, 0.1) is 0 Å². The third-order valence-electron chi connectivity index (χ3n) is 2.47. The largest absolute Gasteiger partial charge is 0.508 e. The summed E-state index contributed by atoms with van der Waals surface area (Å²) in [5, 5.41) is 20.9. The van der Waals surface area contributed by atoms with Crippen LogP contribution >= 0.6 is 23.2 Å². The van der Waals surface area contributed by atoms with Crippen molar-refractivity contribution < 1.29 is 10.2 Å². The first-order valence-corrected chi connectivity index (χ1v) is 5.75. The second-order valence-electron chi connectivity index (χ2n) is 3.66. The van der Waals surface area contributed by atoms with Gasteiger partial charge in [0.2, 0.25) is 0 Å². The van der Waals surface area contributed by atoms with Crippen LogP contribution < -0.4 is 0 Å². The van der Waals surface area contributed by atoms with Crippen molar-refractivity contribution in [1.82, 2.24) is 0 Å². The number of rotatable bonds is 2. The van der Waals surface area contributed by atoms with Crippen LogP contribution in [-0.2, 0) is 0 Å². The molecule has 0 unspecified atom stereocenters. The van der Waals surface area contributed by atoms with E-state index in [1.165, 1.54) is 12.1 Å². The van der Waals surface area contributed by atoms with Crippen molar-refractivity contribution in [3.05, 3.63) is 63.6 Å². The lowest BCUT2D eigenvalue weighted by molar-refractivity contribution is 0.215. The van der Waals surface area contributed by atoms with Gasteiger partial charge in [0, 0.05) is 15.6 Å². The molecule has 2 N–H and O–H groups in total. The number of aromatic hydroxyl groups is 1. The first kappa shape index (κ1) is 12.2. The van der Waals surface area contributed by atoms with Crippen molar-refractivity contribution in [3.8, 4) is 5.75 Å². The van der Waals surface area contributed by atoms with E-state index in [1.54, 1.807) is 30.3 Å². The van der Waals surface area contributed by atoms with Crippen LogP contribution in [-0.4, -0.2) is 10.2 Å². The smallest absolute Gasteiger partial charge is 0.121 e. The molecule has 0 heterocycles. The summed E-state index contributed by atoms with van der Waals surface area (Å²) in [5.41, 5.74) is 1.02. The van der Waals surface area contributed by atoms with Crippen molar-refractivity contribution in [2.24, 2.45) is 0 Å². The topological polar surface area (TPSA) is 40.5 Å². The highest BCUT2D eigenvalue weighted by Crippen LogP contribution is 2.31. The zero-order valence-corrected chi connectivity index (χ0v) is 10.3. The maximum absolute atomic E-state index is 10.1. The van der Waals surface area contributed by atoms with Crippen LogP contribution in [0.3, 0.4) is 0 Å². The third-order valence-corrected chi connectivity index (χ3v) is 2.96. The van der Waals surface area contributed by atoms with Gasteiger partial charge in [0.1, 0.15) is 11.9 Å². The van der Waals surface area contributed by atoms with E-state index in [0.29, 0.717) is 21.2 Å². The molecule has 4 heteroatoms. The van der Waals surface area contributed by atoms with Crippen molar-refractivity contribution in [3.63, 3.8) is 0 Å². The van der Waals surface area contributed by atoms with E-state index in [2.05, 4.69) is 0 Å². The van der Waals surface area contributed by atoms with E-state index in [0.717, 1.165) is 0 Å². The summed E-state index contributed by atoms with van der Waals surface area (Å²) in [4.78, 5) is 0. The van der Waals surface area contributed by atoms with Gasteiger partial charge in [-0.15, -0.1) is 0 Å². The Morgan fingerprint density at radius 2 is 1.47 bits per heavy atom. The average molecular weight is 269 g/mol. The first-order chi connectivity index (χ1) is 8.08. The molecule has 0 saturated heterocycles. The number of phenolic OH excluding ortho intramolecular Hbond substituents is 1. The summed E-state index contributed by atoms with van der Waals surface area (Å²) in [6.45, 7) is 0. The van der Waals surface area contributed by atoms with Crippen LogP contribution in [0.1, 0.15) is 17.2 Å². The standard InChI is InChI=1S/C13H10Cl2O2/c14-9-3-1-8(2-4-9)13(17)11-7-10(15)5-6-12(11)16/h1-7,13,16-17H/t13-/m1/s1. The summed E-state index contributed by atoms with van der Waals surface area (Å²) in [6, 6.07) is 11.3. The van der Waals surface area contributed by atoms with Gasteiger partial charge in [-0.2, -0.15) is 0 Å². The number of aliphatic hydroxyl groups is 1. The molecule has 0 aliphatic heterocycles. The average Bonchev–Trinajstić information content (AvgIpc) is 2.32. The Kier molecular flexibility index (Phi) is 3.57. The molecule has 2 aromatic carbocycles. The Hall–Kier alpha value is -1.22. The van der Waals surface area contributed by atoms with Crippen molar-refractivity contribution >= 4 is 23.2 Å². The lowest BCUT2D eigenvalue weighted by Gasteiger charge is -2.13. The number of benzene rings is 2. The van der Waals surface area contributed by atoms with Crippen molar-refractivity contribution in [1.29, 1.82) is 0 Å². The fourth-order valence-corrected chi connectivity index (χ4v) is 1.88. The lowest BCUT2D eigenvalue weighted by Crippen LogP contribution is -1.99. The van der Waals surface area contributed by atoms with E-state index in [9.17, 15) is 10.2 Å². The Morgan fingerprint density at radius 3 is 2.12 bits per heavy atom. The highest BCUT2D eigenvalue weighted by Gasteiger charge is 2.14. The minimum atomic E-state index is -0.925. The molecule has 2 rings (SSSR count). The highest BCUT2D eigenvalue weighted by atomic mass is 35.5. The summed E-state index contributed by atoms with van der Waals surface area (Å²) < 4.78 is 0. The number of phenols is 1. The second kappa shape index (κ2) is 4.96. The van der Waals surface area contributed by atoms with Gasteiger partial charge in [-0.3, -0.25) is 0 Å². The molecule has 0 aliphatic rings. The number of hydrogen-bond acceptors (Lipinski definition) is 2. The normalized spacial score (nSPS) is 12.4. The summed E-state index contributed by atoms with van der Waals surface area (Å²) >= 11 is 11.6. The van der Waals surface area contributed by atoms with Crippen LogP contribution in [0.4, 0.5) is 0 Å². The maximum atomic E-state index is 10.1. The summed E-state index contributed by atoms with van der Waals surface area (Å²) in [7, 11) is 0. The first-order valence-electron chi connectivity index (χ1n) is 5.00. The minimum absolute atomic E-state index is 0.0110. The quantitative estimate of drug-likeness (QED) is 0.870. The van der Waals surface area contributed by atoms with E-state index in [1.807, 2.05) is 0 Å². The lowest BCUT2D eigenvalue weighted by atomic mass is 10.0. The van der Waals surface area contributed by atoms with Gasteiger partial charge >= 0.3 is 0 Å². The van der Waals surface area contributed by atoms with Gasteiger partial charge in [0.25, 0.3) is 0 Å². The summed E-state index contributed by atoms with van der Waals surface area (Å²) in [6.07, 6.45) is -0.925. The molecule has 0 aliphatic carbocycles. The molecule has 17 heavy (non-hydrogen) atoms. The van der Waals surface area contributed by atoms with Gasteiger partial charge in [-0.05, 0) is 35.9 Å². The Morgan fingerprint density at radius 1 is 0.882 bits per heavy atom. The molecule has 0 saturated carbocycles. The SMILES string of the molecule is Oc1ccc(Cl)cc1[C@H](O)c1ccc(Cl)cc1. The molecule has 2 aromatic rings.